The number of hydrogen-bond donors (Lipinski definition) is 2. The van der Waals surface area contributed by atoms with Crippen molar-refractivity contribution in [3.05, 3.63) is 34.9 Å². The molecule has 0 aliphatic heterocycles. The van der Waals surface area contributed by atoms with Crippen molar-refractivity contribution in [1.82, 2.24) is 0 Å². The van der Waals surface area contributed by atoms with Crippen LogP contribution in [0, 0.1) is 0 Å². The van der Waals surface area contributed by atoms with Gasteiger partial charge in [0, 0.05) is 6.42 Å². The number of allylic oxidation sites excluding steroid dienone is 5. The monoisotopic (exact) mass is 430 g/mol. The molecule has 1 atom stereocenters. The summed E-state index contributed by atoms with van der Waals surface area (Å²) in [7, 11) is -6.56. The predicted octanol–water partition coefficient (Wildman–Crippen LogP) is 7.32. The summed E-state index contributed by atoms with van der Waals surface area (Å²) in [5.74, 6) is -1.05. The molecule has 4 nitrogen and oxygen atoms in total. The Kier molecular flexibility index (Phi) is 11.5. The third-order valence-corrected chi connectivity index (χ3v) is 11.2. The Morgan fingerprint density at radius 3 is 1.86 bits per heavy atom. The lowest BCUT2D eigenvalue weighted by Crippen LogP contribution is -2.43. The summed E-state index contributed by atoms with van der Waals surface area (Å²) in [6.07, 6.45) is 10.7. The topological polar surface area (TPSA) is 66.8 Å². The first-order valence-electron chi connectivity index (χ1n) is 10.2. The first-order chi connectivity index (χ1) is 12.6. The zero-order valence-electron chi connectivity index (χ0n) is 19.5. The molecule has 164 valence electrons. The van der Waals surface area contributed by atoms with E-state index in [1.165, 1.54) is 11.1 Å². The van der Waals surface area contributed by atoms with Crippen LogP contribution in [0.1, 0.15) is 80.6 Å². The quantitative estimate of drug-likeness (QED) is 0.205. The molecular formula is C22H43O4PSi. The van der Waals surface area contributed by atoms with Crippen LogP contribution in [-0.4, -0.2) is 23.9 Å². The maximum absolute atomic E-state index is 11.9. The molecule has 0 rings (SSSR count). The Bertz CT molecular complexity index is 617. The summed E-state index contributed by atoms with van der Waals surface area (Å²) >= 11 is 0. The first kappa shape index (κ1) is 27.5. The molecule has 0 aromatic rings. The van der Waals surface area contributed by atoms with E-state index >= 15 is 0 Å². The summed E-state index contributed by atoms with van der Waals surface area (Å²) in [6, 6.07) is 0. The zero-order valence-corrected chi connectivity index (χ0v) is 21.4. The van der Waals surface area contributed by atoms with Gasteiger partial charge in [-0.25, -0.2) is 0 Å². The highest BCUT2D eigenvalue weighted by atomic mass is 31.2. The SMILES string of the molecule is CC(C)=CCCC(C)=CCCC(C)=CCC(O[Si](C)(C)C(C)(C)C)P(=O)(O)O. The van der Waals surface area contributed by atoms with Gasteiger partial charge in [-0.15, -0.1) is 0 Å². The largest absolute Gasteiger partial charge is 0.403 e. The number of hydrogen-bond acceptors (Lipinski definition) is 2. The van der Waals surface area contributed by atoms with E-state index in [0.29, 0.717) is 0 Å². The van der Waals surface area contributed by atoms with Gasteiger partial charge in [-0.1, -0.05) is 55.7 Å². The van der Waals surface area contributed by atoms with Crippen LogP contribution in [0.2, 0.25) is 18.1 Å². The van der Waals surface area contributed by atoms with Crippen LogP contribution in [-0.2, 0) is 8.99 Å². The molecule has 0 aromatic carbocycles. The van der Waals surface area contributed by atoms with E-state index in [-0.39, 0.29) is 11.5 Å². The molecule has 0 aliphatic rings. The van der Waals surface area contributed by atoms with E-state index in [1.54, 1.807) is 0 Å². The molecule has 2 N–H and O–H groups in total. The molecular weight excluding hydrogens is 387 g/mol. The van der Waals surface area contributed by atoms with Crippen molar-refractivity contribution >= 4 is 15.9 Å². The van der Waals surface area contributed by atoms with Gasteiger partial charge in [-0.2, -0.15) is 0 Å². The van der Waals surface area contributed by atoms with E-state index in [9.17, 15) is 14.4 Å². The van der Waals surface area contributed by atoms with Gasteiger partial charge in [0.05, 0.1) is 0 Å². The Labute approximate surface area is 174 Å². The van der Waals surface area contributed by atoms with Gasteiger partial charge in [-0.05, 0) is 71.5 Å². The Hall–Kier alpha value is -0.453. The van der Waals surface area contributed by atoms with Crippen molar-refractivity contribution in [2.45, 2.75) is 105 Å². The normalized spacial score (nSPS) is 15.5. The average Bonchev–Trinajstić information content (AvgIpc) is 2.48. The van der Waals surface area contributed by atoms with Crippen LogP contribution in [0.3, 0.4) is 0 Å². The molecule has 0 radical (unpaired) electrons. The molecule has 0 heterocycles. The van der Waals surface area contributed by atoms with Gasteiger partial charge in [0.2, 0.25) is 0 Å². The minimum Gasteiger partial charge on any atom is -0.403 e. The van der Waals surface area contributed by atoms with Crippen LogP contribution >= 0.6 is 7.60 Å². The molecule has 0 fully saturated rings. The van der Waals surface area contributed by atoms with E-state index in [1.807, 2.05) is 26.1 Å². The third-order valence-electron chi connectivity index (χ3n) is 5.40. The smallest absolute Gasteiger partial charge is 0.353 e. The van der Waals surface area contributed by atoms with Gasteiger partial charge in [-0.3, -0.25) is 4.57 Å². The minimum atomic E-state index is -4.31. The van der Waals surface area contributed by atoms with Crippen molar-refractivity contribution in [3.8, 4) is 0 Å². The van der Waals surface area contributed by atoms with E-state index < -0.39 is 21.8 Å². The fraction of sp³-hybridized carbons (Fsp3) is 0.727. The highest BCUT2D eigenvalue weighted by Crippen LogP contribution is 2.48. The lowest BCUT2D eigenvalue weighted by molar-refractivity contribution is 0.207. The average molecular weight is 431 g/mol. The molecule has 0 saturated carbocycles. The van der Waals surface area contributed by atoms with Crippen molar-refractivity contribution in [2.75, 3.05) is 0 Å². The summed E-state index contributed by atoms with van der Waals surface area (Å²) in [6.45, 7) is 18.7. The molecule has 0 aliphatic carbocycles. The first-order valence-corrected chi connectivity index (χ1v) is 14.8. The van der Waals surface area contributed by atoms with Crippen molar-refractivity contribution in [2.24, 2.45) is 0 Å². The van der Waals surface area contributed by atoms with Gasteiger partial charge >= 0.3 is 7.60 Å². The summed E-state index contributed by atoms with van der Waals surface area (Å²) < 4.78 is 18.0. The van der Waals surface area contributed by atoms with E-state index in [4.69, 9.17) is 4.43 Å². The van der Waals surface area contributed by atoms with Crippen molar-refractivity contribution in [1.29, 1.82) is 0 Å². The van der Waals surface area contributed by atoms with Gasteiger partial charge in [0.25, 0.3) is 0 Å². The summed E-state index contributed by atoms with van der Waals surface area (Å²) in [5.41, 5.74) is 3.89. The summed E-state index contributed by atoms with van der Waals surface area (Å²) in [4.78, 5) is 19.5. The van der Waals surface area contributed by atoms with E-state index in [0.717, 1.165) is 31.3 Å². The molecule has 0 spiro atoms. The van der Waals surface area contributed by atoms with Gasteiger partial charge in [0.15, 0.2) is 14.2 Å². The zero-order chi connectivity index (χ0) is 22.2. The number of rotatable bonds is 11. The fourth-order valence-electron chi connectivity index (χ4n) is 2.41. The molecule has 0 amide bonds. The van der Waals surface area contributed by atoms with Gasteiger partial charge < -0.3 is 14.2 Å². The summed E-state index contributed by atoms with van der Waals surface area (Å²) in [5, 5.41) is -0.0903. The molecule has 0 saturated heterocycles. The predicted molar refractivity (Wildman–Crippen MR) is 124 cm³/mol. The van der Waals surface area contributed by atoms with Crippen LogP contribution < -0.4 is 0 Å². The van der Waals surface area contributed by atoms with Crippen molar-refractivity contribution in [3.63, 3.8) is 0 Å². The minimum absolute atomic E-state index is 0.0903. The van der Waals surface area contributed by atoms with Crippen LogP contribution in [0.5, 0.6) is 0 Å². The highest BCUT2D eigenvalue weighted by Gasteiger charge is 2.43. The van der Waals surface area contributed by atoms with Gasteiger partial charge in [0.1, 0.15) is 0 Å². The maximum atomic E-state index is 11.9. The molecule has 1 unspecified atom stereocenters. The second-order valence-electron chi connectivity index (χ2n) is 9.62. The highest BCUT2D eigenvalue weighted by molar-refractivity contribution is 7.52. The molecule has 6 heteroatoms. The maximum Gasteiger partial charge on any atom is 0.353 e. The van der Waals surface area contributed by atoms with Crippen molar-refractivity contribution < 1.29 is 18.8 Å². The second-order valence-corrected chi connectivity index (χ2v) is 16.1. The lowest BCUT2D eigenvalue weighted by atomic mass is 10.1. The van der Waals surface area contributed by atoms with Crippen LogP contribution in [0.4, 0.5) is 0 Å². The second kappa shape index (κ2) is 11.7. The Balaban J connectivity index is 4.81. The third kappa shape index (κ3) is 11.5. The Morgan fingerprint density at radius 1 is 0.964 bits per heavy atom. The molecule has 0 bridgehead atoms. The molecule has 0 aromatic heterocycles. The van der Waals surface area contributed by atoms with Crippen LogP contribution in [0.15, 0.2) is 34.9 Å². The standard InChI is InChI=1S/C22H43O4PSi/c1-18(2)12-10-13-19(3)14-11-15-20(4)16-17-21(27(23,24)25)26-28(8,9)22(5,6)7/h12,14,16,21H,10-11,13,15,17H2,1-9H3,(H2,23,24,25). The van der Waals surface area contributed by atoms with E-state index in [2.05, 4.69) is 53.7 Å². The molecule has 28 heavy (non-hydrogen) atoms. The van der Waals surface area contributed by atoms with Crippen LogP contribution in [0.25, 0.3) is 0 Å². The fourth-order valence-corrected chi connectivity index (χ4v) is 5.26. The Morgan fingerprint density at radius 2 is 1.43 bits per heavy atom. The lowest BCUT2D eigenvalue weighted by Gasteiger charge is -2.39.